The standard InChI is InChI=1S/C21H24N2O5/c1-13(2)15-8-4-6-10-17(15)23-21(26)14(3)28-19(24)12-27-18-11-7-5-9-16(18)20(22)25/h4-11,13-14H,12H2,1-3H3,(H2,22,25)(H,23,26)/t14-/m0/s1. The van der Waals surface area contributed by atoms with Crippen molar-refractivity contribution in [3.63, 3.8) is 0 Å². The second-order valence-electron chi connectivity index (χ2n) is 6.51. The lowest BCUT2D eigenvalue weighted by Gasteiger charge is -2.17. The number of hydrogen-bond donors (Lipinski definition) is 2. The number of anilines is 1. The third-order valence-corrected chi connectivity index (χ3v) is 4.02. The lowest BCUT2D eigenvalue weighted by molar-refractivity contribution is -0.155. The number of nitrogens with two attached hydrogens (primary N) is 1. The number of carbonyl (C=O) groups is 3. The van der Waals surface area contributed by atoms with Gasteiger partial charge in [-0.2, -0.15) is 0 Å². The molecule has 148 valence electrons. The van der Waals surface area contributed by atoms with Gasteiger partial charge in [0.25, 0.3) is 11.8 Å². The van der Waals surface area contributed by atoms with Crippen LogP contribution in [0.5, 0.6) is 5.75 Å². The van der Waals surface area contributed by atoms with Gasteiger partial charge >= 0.3 is 5.97 Å². The van der Waals surface area contributed by atoms with E-state index >= 15 is 0 Å². The molecular formula is C21H24N2O5. The lowest BCUT2D eigenvalue weighted by Crippen LogP contribution is -2.32. The van der Waals surface area contributed by atoms with Gasteiger partial charge in [-0.1, -0.05) is 44.2 Å². The first-order valence-electron chi connectivity index (χ1n) is 8.90. The van der Waals surface area contributed by atoms with E-state index in [4.69, 9.17) is 15.2 Å². The predicted octanol–water partition coefficient (Wildman–Crippen LogP) is 2.86. The molecule has 2 rings (SSSR count). The van der Waals surface area contributed by atoms with Crippen molar-refractivity contribution in [2.75, 3.05) is 11.9 Å². The van der Waals surface area contributed by atoms with Gasteiger partial charge in [0, 0.05) is 5.69 Å². The summed E-state index contributed by atoms with van der Waals surface area (Å²) in [4.78, 5) is 35.7. The topological polar surface area (TPSA) is 108 Å². The second kappa shape index (κ2) is 9.55. The van der Waals surface area contributed by atoms with E-state index < -0.39 is 30.5 Å². The molecule has 0 bridgehead atoms. The van der Waals surface area contributed by atoms with Crippen LogP contribution in [0.2, 0.25) is 0 Å². The highest BCUT2D eigenvalue weighted by Crippen LogP contribution is 2.24. The molecule has 0 saturated carbocycles. The minimum absolute atomic E-state index is 0.159. The first kappa shape index (κ1) is 21.0. The van der Waals surface area contributed by atoms with E-state index in [0.29, 0.717) is 5.69 Å². The van der Waals surface area contributed by atoms with E-state index in [0.717, 1.165) is 5.56 Å². The van der Waals surface area contributed by atoms with Crippen LogP contribution in [-0.2, 0) is 14.3 Å². The fourth-order valence-electron chi connectivity index (χ4n) is 2.57. The van der Waals surface area contributed by atoms with Crippen LogP contribution in [0.3, 0.4) is 0 Å². The Morgan fingerprint density at radius 1 is 1.00 bits per heavy atom. The number of para-hydroxylation sites is 2. The summed E-state index contributed by atoms with van der Waals surface area (Å²) in [7, 11) is 0. The van der Waals surface area contributed by atoms with Crippen molar-refractivity contribution >= 4 is 23.5 Å². The number of primary amides is 1. The Morgan fingerprint density at radius 2 is 1.64 bits per heavy atom. The van der Waals surface area contributed by atoms with Crippen molar-refractivity contribution in [1.29, 1.82) is 0 Å². The van der Waals surface area contributed by atoms with Crippen LogP contribution in [0.4, 0.5) is 5.69 Å². The molecule has 0 aliphatic carbocycles. The number of rotatable bonds is 8. The van der Waals surface area contributed by atoms with Crippen LogP contribution >= 0.6 is 0 Å². The number of esters is 1. The minimum Gasteiger partial charge on any atom is -0.481 e. The van der Waals surface area contributed by atoms with Gasteiger partial charge in [0.15, 0.2) is 12.7 Å². The monoisotopic (exact) mass is 384 g/mol. The third-order valence-electron chi connectivity index (χ3n) is 4.02. The Balaban J connectivity index is 1.92. The normalized spacial score (nSPS) is 11.6. The Morgan fingerprint density at radius 3 is 2.32 bits per heavy atom. The molecule has 1 atom stereocenters. The molecule has 2 amide bonds. The smallest absolute Gasteiger partial charge is 0.344 e. The van der Waals surface area contributed by atoms with Crippen molar-refractivity contribution in [2.24, 2.45) is 5.73 Å². The maximum absolute atomic E-state index is 12.4. The van der Waals surface area contributed by atoms with Gasteiger partial charge < -0.3 is 20.5 Å². The Bertz CT molecular complexity index is 863. The maximum atomic E-state index is 12.4. The number of nitrogens with one attached hydrogen (secondary N) is 1. The molecule has 2 aromatic rings. The Kier molecular flexibility index (Phi) is 7.14. The van der Waals surface area contributed by atoms with E-state index in [9.17, 15) is 14.4 Å². The Hall–Kier alpha value is -3.35. The van der Waals surface area contributed by atoms with Crippen LogP contribution in [0.1, 0.15) is 42.6 Å². The fourth-order valence-corrected chi connectivity index (χ4v) is 2.57. The molecule has 0 aromatic heterocycles. The van der Waals surface area contributed by atoms with E-state index in [1.165, 1.54) is 19.1 Å². The van der Waals surface area contributed by atoms with E-state index in [1.807, 2.05) is 32.0 Å². The summed E-state index contributed by atoms with van der Waals surface area (Å²) < 4.78 is 10.4. The van der Waals surface area contributed by atoms with Crippen molar-refractivity contribution < 1.29 is 23.9 Å². The molecule has 0 aliphatic heterocycles. The summed E-state index contributed by atoms with van der Waals surface area (Å²) in [5.41, 5.74) is 7.08. The molecule has 0 fully saturated rings. The van der Waals surface area contributed by atoms with Crippen molar-refractivity contribution in [1.82, 2.24) is 0 Å². The third kappa shape index (κ3) is 5.57. The minimum atomic E-state index is -1.01. The zero-order valence-electron chi connectivity index (χ0n) is 16.1. The zero-order chi connectivity index (χ0) is 20.7. The summed E-state index contributed by atoms with van der Waals surface area (Å²) in [6.45, 7) is 5.07. The van der Waals surface area contributed by atoms with Gasteiger partial charge in [-0.15, -0.1) is 0 Å². The molecule has 0 unspecified atom stereocenters. The van der Waals surface area contributed by atoms with Gasteiger partial charge in [0.05, 0.1) is 5.56 Å². The molecule has 0 radical (unpaired) electrons. The molecule has 3 N–H and O–H groups in total. The van der Waals surface area contributed by atoms with E-state index in [-0.39, 0.29) is 17.2 Å². The highest BCUT2D eigenvalue weighted by molar-refractivity contribution is 5.96. The summed E-state index contributed by atoms with van der Waals surface area (Å²) in [6, 6.07) is 13.7. The average Bonchev–Trinajstić information content (AvgIpc) is 2.66. The van der Waals surface area contributed by atoms with Crippen molar-refractivity contribution in [2.45, 2.75) is 32.8 Å². The second-order valence-corrected chi connectivity index (χ2v) is 6.51. The van der Waals surface area contributed by atoms with Crippen LogP contribution in [0.25, 0.3) is 0 Å². The highest BCUT2D eigenvalue weighted by atomic mass is 16.6. The van der Waals surface area contributed by atoms with Crippen molar-refractivity contribution in [3.05, 3.63) is 59.7 Å². The van der Waals surface area contributed by atoms with Crippen LogP contribution in [0.15, 0.2) is 48.5 Å². The molecular weight excluding hydrogens is 360 g/mol. The van der Waals surface area contributed by atoms with E-state index in [1.54, 1.807) is 18.2 Å². The summed E-state index contributed by atoms with van der Waals surface area (Å²) >= 11 is 0. The number of amides is 2. The number of hydrogen-bond acceptors (Lipinski definition) is 5. The SMILES string of the molecule is CC(C)c1ccccc1NC(=O)[C@H](C)OC(=O)COc1ccccc1C(N)=O. The van der Waals surface area contributed by atoms with Crippen molar-refractivity contribution in [3.8, 4) is 5.75 Å². The number of benzene rings is 2. The first-order valence-corrected chi connectivity index (χ1v) is 8.90. The van der Waals surface area contributed by atoms with E-state index in [2.05, 4.69) is 5.32 Å². The molecule has 2 aromatic carbocycles. The average molecular weight is 384 g/mol. The summed E-state index contributed by atoms with van der Waals surface area (Å²) in [5.74, 6) is -1.44. The molecule has 0 saturated heterocycles. The van der Waals surface area contributed by atoms with Gasteiger partial charge in [0.2, 0.25) is 0 Å². The number of carbonyl (C=O) groups excluding carboxylic acids is 3. The van der Waals surface area contributed by atoms with Gasteiger partial charge in [-0.05, 0) is 36.6 Å². The number of ether oxygens (including phenoxy) is 2. The summed E-state index contributed by atoms with van der Waals surface area (Å²) in [6.07, 6.45) is -1.01. The molecule has 28 heavy (non-hydrogen) atoms. The largest absolute Gasteiger partial charge is 0.481 e. The van der Waals surface area contributed by atoms with Gasteiger partial charge in [0.1, 0.15) is 5.75 Å². The van der Waals surface area contributed by atoms with Crippen LogP contribution < -0.4 is 15.8 Å². The van der Waals surface area contributed by atoms with Gasteiger partial charge in [-0.3, -0.25) is 9.59 Å². The molecule has 0 spiro atoms. The Labute approximate surface area is 163 Å². The molecule has 7 nitrogen and oxygen atoms in total. The summed E-state index contributed by atoms with van der Waals surface area (Å²) in [5, 5.41) is 2.78. The van der Waals surface area contributed by atoms with Gasteiger partial charge in [-0.25, -0.2) is 4.79 Å². The lowest BCUT2D eigenvalue weighted by atomic mass is 10.0. The highest BCUT2D eigenvalue weighted by Gasteiger charge is 2.20. The quantitative estimate of drug-likeness (QED) is 0.681. The predicted molar refractivity (Wildman–Crippen MR) is 105 cm³/mol. The molecule has 0 heterocycles. The molecule has 0 aliphatic rings. The zero-order valence-corrected chi connectivity index (χ0v) is 16.1. The molecule has 7 heteroatoms. The first-order chi connectivity index (χ1) is 13.3. The fraction of sp³-hybridized carbons (Fsp3) is 0.286. The van der Waals surface area contributed by atoms with Crippen LogP contribution in [-0.4, -0.2) is 30.5 Å². The van der Waals surface area contributed by atoms with Crippen LogP contribution in [0, 0.1) is 0 Å². The maximum Gasteiger partial charge on any atom is 0.344 e.